The molecule has 2 unspecified atom stereocenters. The van der Waals surface area contributed by atoms with Crippen molar-refractivity contribution in [2.45, 2.75) is 37.5 Å². The molecule has 0 aromatic carbocycles. The highest BCUT2D eigenvalue weighted by molar-refractivity contribution is 7.83. The van der Waals surface area contributed by atoms with E-state index < -0.39 is 22.6 Å². The SMILES string of the molecule is CC(C)S(=O)N1CCCC(O)(C(=O)O)C1. The van der Waals surface area contributed by atoms with Crippen LogP contribution in [0.15, 0.2) is 0 Å². The second-order valence-electron chi connectivity index (χ2n) is 4.13. The summed E-state index contributed by atoms with van der Waals surface area (Å²) < 4.78 is 13.3. The first-order chi connectivity index (χ1) is 6.87. The van der Waals surface area contributed by atoms with Gasteiger partial charge in [-0.2, -0.15) is 0 Å². The van der Waals surface area contributed by atoms with Gasteiger partial charge < -0.3 is 10.2 Å². The summed E-state index contributed by atoms with van der Waals surface area (Å²) >= 11 is 0. The van der Waals surface area contributed by atoms with Gasteiger partial charge >= 0.3 is 5.97 Å². The fraction of sp³-hybridized carbons (Fsp3) is 0.889. The zero-order valence-corrected chi connectivity index (χ0v) is 9.79. The highest BCUT2D eigenvalue weighted by atomic mass is 32.2. The van der Waals surface area contributed by atoms with Crippen LogP contribution in [0, 0.1) is 0 Å². The van der Waals surface area contributed by atoms with Crippen molar-refractivity contribution in [3.05, 3.63) is 0 Å². The highest BCUT2D eigenvalue weighted by Crippen LogP contribution is 2.23. The van der Waals surface area contributed by atoms with Crippen LogP contribution in [0.4, 0.5) is 0 Å². The molecule has 1 heterocycles. The van der Waals surface area contributed by atoms with E-state index in [0.717, 1.165) is 0 Å². The van der Waals surface area contributed by atoms with E-state index in [-0.39, 0.29) is 18.2 Å². The molecule has 5 nitrogen and oxygen atoms in total. The van der Waals surface area contributed by atoms with Crippen molar-refractivity contribution in [1.82, 2.24) is 4.31 Å². The average molecular weight is 235 g/mol. The van der Waals surface area contributed by atoms with Crippen LogP contribution in [0.5, 0.6) is 0 Å². The summed E-state index contributed by atoms with van der Waals surface area (Å²) in [6.07, 6.45) is 0.787. The number of rotatable bonds is 3. The number of aliphatic carboxylic acids is 1. The third-order valence-corrected chi connectivity index (χ3v) is 4.12. The van der Waals surface area contributed by atoms with Gasteiger partial charge in [-0.05, 0) is 26.7 Å². The van der Waals surface area contributed by atoms with E-state index in [0.29, 0.717) is 13.0 Å². The van der Waals surface area contributed by atoms with Crippen LogP contribution < -0.4 is 0 Å². The number of hydrogen-bond acceptors (Lipinski definition) is 3. The monoisotopic (exact) mass is 235 g/mol. The summed E-state index contributed by atoms with van der Waals surface area (Å²) in [4.78, 5) is 10.8. The summed E-state index contributed by atoms with van der Waals surface area (Å²) in [5, 5.41) is 18.6. The number of carboxylic acids is 1. The molecule has 0 radical (unpaired) electrons. The number of piperidine rings is 1. The minimum absolute atomic E-state index is 0.0485. The van der Waals surface area contributed by atoms with Crippen LogP contribution in [-0.4, -0.2) is 48.6 Å². The van der Waals surface area contributed by atoms with Gasteiger partial charge in [-0.25, -0.2) is 13.3 Å². The van der Waals surface area contributed by atoms with E-state index in [1.807, 2.05) is 13.8 Å². The molecule has 0 amide bonds. The molecule has 6 heteroatoms. The third kappa shape index (κ3) is 2.76. The van der Waals surface area contributed by atoms with E-state index in [4.69, 9.17) is 5.11 Å². The Kier molecular flexibility index (Phi) is 3.86. The van der Waals surface area contributed by atoms with Gasteiger partial charge in [0, 0.05) is 11.8 Å². The number of nitrogens with zero attached hydrogens (tertiary/aromatic N) is 1. The zero-order valence-electron chi connectivity index (χ0n) is 8.97. The van der Waals surface area contributed by atoms with E-state index >= 15 is 0 Å². The molecule has 1 saturated heterocycles. The van der Waals surface area contributed by atoms with Crippen LogP contribution in [-0.2, 0) is 15.8 Å². The molecule has 2 N–H and O–H groups in total. The number of carbonyl (C=O) groups is 1. The molecule has 1 fully saturated rings. The Morgan fingerprint density at radius 3 is 2.60 bits per heavy atom. The molecule has 0 saturated carbocycles. The lowest BCUT2D eigenvalue weighted by Gasteiger charge is -2.35. The Labute approximate surface area is 91.7 Å². The highest BCUT2D eigenvalue weighted by Gasteiger charge is 2.42. The van der Waals surface area contributed by atoms with Crippen molar-refractivity contribution in [1.29, 1.82) is 0 Å². The van der Waals surface area contributed by atoms with Gasteiger partial charge in [0.15, 0.2) is 5.60 Å². The predicted octanol–water partition coefficient (Wildman–Crippen LogP) is -0.0300. The standard InChI is InChI=1S/C9H17NO4S/c1-7(2)15(14)10-5-3-4-9(13,6-10)8(11)12/h7,13H,3-6H2,1-2H3,(H,11,12). The fourth-order valence-corrected chi connectivity index (χ4v) is 2.87. The van der Waals surface area contributed by atoms with Crippen LogP contribution in [0.1, 0.15) is 26.7 Å². The molecule has 0 aromatic heterocycles. The molecule has 1 rings (SSSR count). The van der Waals surface area contributed by atoms with Gasteiger partial charge in [0.2, 0.25) is 0 Å². The molecule has 1 aliphatic heterocycles. The lowest BCUT2D eigenvalue weighted by Crippen LogP contribution is -2.54. The molecular formula is C9H17NO4S. The Balaban J connectivity index is 2.72. The maximum atomic E-state index is 11.7. The summed E-state index contributed by atoms with van der Waals surface area (Å²) in [5.74, 6) is -1.23. The largest absolute Gasteiger partial charge is 0.479 e. The number of aliphatic hydroxyl groups is 1. The molecule has 0 aliphatic carbocycles. The second kappa shape index (κ2) is 4.59. The third-order valence-electron chi connectivity index (χ3n) is 2.49. The van der Waals surface area contributed by atoms with Crippen molar-refractivity contribution < 1.29 is 19.2 Å². The smallest absolute Gasteiger partial charge is 0.337 e. The topological polar surface area (TPSA) is 77.8 Å². The predicted molar refractivity (Wildman–Crippen MR) is 56.7 cm³/mol. The van der Waals surface area contributed by atoms with Gasteiger partial charge in [0.05, 0.1) is 17.5 Å². The van der Waals surface area contributed by atoms with E-state index in [1.165, 1.54) is 0 Å². The van der Waals surface area contributed by atoms with E-state index in [2.05, 4.69) is 0 Å². The quantitative estimate of drug-likeness (QED) is 0.720. The van der Waals surface area contributed by atoms with Crippen LogP contribution in [0.3, 0.4) is 0 Å². The number of β-amino-alcohol motifs (C(OH)–C–C–N with tert-alkyl or cyclic N) is 1. The second-order valence-corrected chi connectivity index (χ2v) is 6.14. The normalized spacial score (nSPS) is 30.4. The molecule has 0 spiro atoms. The van der Waals surface area contributed by atoms with Crippen molar-refractivity contribution in [3.63, 3.8) is 0 Å². The lowest BCUT2D eigenvalue weighted by molar-refractivity contribution is -0.162. The summed E-state index contributed by atoms with van der Waals surface area (Å²) in [6, 6.07) is 0. The Morgan fingerprint density at radius 2 is 2.13 bits per heavy atom. The van der Waals surface area contributed by atoms with Crippen molar-refractivity contribution in [2.24, 2.45) is 0 Å². The minimum Gasteiger partial charge on any atom is -0.479 e. The maximum Gasteiger partial charge on any atom is 0.337 e. The Morgan fingerprint density at radius 1 is 1.53 bits per heavy atom. The first-order valence-corrected chi connectivity index (χ1v) is 6.15. The number of hydrogen-bond donors (Lipinski definition) is 2. The van der Waals surface area contributed by atoms with Gasteiger partial charge in [0.25, 0.3) is 0 Å². The molecule has 15 heavy (non-hydrogen) atoms. The first kappa shape index (κ1) is 12.6. The summed E-state index contributed by atoms with van der Waals surface area (Å²) in [6.45, 7) is 4.16. The minimum atomic E-state index is -1.73. The molecule has 0 aromatic rings. The fourth-order valence-electron chi connectivity index (χ4n) is 1.62. The van der Waals surface area contributed by atoms with Crippen LogP contribution >= 0.6 is 0 Å². The van der Waals surface area contributed by atoms with Gasteiger partial charge in [-0.1, -0.05) is 0 Å². The van der Waals surface area contributed by atoms with Crippen LogP contribution in [0.25, 0.3) is 0 Å². The summed E-state index contributed by atoms with van der Waals surface area (Å²) in [5.41, 5.74) is -1.73. The van der Waals surface area contributed by atoms with Gasteiger partial charge in [-0.3, -0.25) is 0 Å². The molecular weight excluding hydrogens is 218 g/mol. The Hall–Kier alpha value is -0.460. The van der Waals surface area contributed by atoms with Crippen molar-refractivity contribution in [2.75, 3.05) is 13.1 Å². The maximum absolute atomic E-state index is 11.7. The van der Waals surface area contributed by atoms with Crippen molar-refractivity contribution >= 4 is 17.0 Å². The van der Waals surface area contributed by atoms with Crippen molar-refractivity contribution in [3.8, 4) is 0 Å². The lowest BCUT2D eigenvalue weighted by atomic mass is 9.95. The molecule has 1 aliphatic rings. The molecule has 0 bridgehead atoms. The first-order valence-electron chi connectivity index (χ1n) is 4.98. The van der Waals surface area contributed by atoms with Gasteiger partial charge in [-0.15, -0.1) is 0 Å². The number of carboxylic acid groups (broad SMARTS) is 1. The molecule has 2 atom stereocenters. The van der Waals surface area contributed by atoms with Gasteiger partial charge in [0.1, 0.15) is 0 Å². The van der Waals surface area contributed by atoms with Crippen LogP contribution in [0.2, 0.25) is 0 Å². The Bertz CT molecular complexity index is 281. The molecule has 88 valence electrons. The van der Waals surface area contributed by atoms with E-state index in [1.54, 1.807) is 4.31 Å². The zero-order chi connectivity index (χ0) is 11.6. The average Bonchev–Trinajstić information content (AvgIpc) is 2.16. The van der Waals surface area contributed by atoms with E-state index in [9.17, 15) is 14.1 Å². The summed E-state index contributed by atoms with van der Waals surface area (Å²) in [7, 11) is -1.21.